The van der Waals surface area contributed by atoms with Crippen molar-refractivity contribution in [1.82, 2.24) is 9.78 Å². The van der Waals surface area contributed by atoms with E-state index in [1.54, 1.807) is 35.0 Å². The standard InChI is InChI=1S/C18H13N3O2/c1-12-11-16(21(19-12)13-7-3-2-4-8-13)20-17(22)14-9-5-6-10-15(14)18(20)23/h2-11H,1H3. The number of nitrogens with zero attached hydrogens (tertiary/aromatic N) is 3. The highest BCUT2D eigenvalue weighted by molar-refractivity contribution is 6.34. The molecule has 112 valence electrons. The van der Waals surface area contributed by atoms with Gasteiger partial charge >= 0.3 is 0 Å². The Morgan fingerprint density at radius 1 is 0.826 bits per heavy atom. The number of benzene rings is 2. The monoisotopic (exact) mass is 303 g/mol. The summed E-state index contributed by atoms with van der Waals surface area (Å²) in [6.45, 7) is 1.83. The number of imide groups is 1. The lowest BCUT2D eigenvalue weighted by Crippen LogP contribution is -2.31. The van der Waals surface area contributed by atoms with Crippen LogP contribution in [0.1, 0.15) is 26.4 Å². The van der Waals surface area contributed by atoms with Gasteiger partial charge in [-0.3, -0.25) is 9.59 Å². The first-order chi connectivity index (χ1) is 11.2. The maximum absolute atomic E-state index is 12.7. The average molecular weight is 303 g/mol. The first-order valence-corrected chi connectivity index (χ1v) is 7.27. The highest BCUT2D eigenvalue weighted by Gasteiger charge is 2.38. The SMILES string of the molecule is Cc1cc(N2C(=O)c3ccccc3C2=O)n(-c2ccccc2)n1. The van der Waals surface area contributed by atoms with Gasteiger partial charge in [0, 0.05) is 6.07 Å². The maximum Gasteiger partial charge on any atom is 0.267 e. The number of hydrogen-bond donors (Lipinski definition) is 0. The molecule has 2 heterocycles. The number of anilines is 1. The van der Waals surface area contributed by atoms with E-state index in [-0.39, 0.29) is 11.8 Å². The lowest BCUT2D eigenvalue weighted by molar-refractivity contribution is 0.0924. The predicted molar refractivity (Wildman–Crippen MR) is 85.9 cm³/mol. The minimum absolute atomic E-state index is 0.317. The van der Waals surface area contributed by atoms with Crippen LogP contribution in [0.15, 0.2) is 60.7 Å². The van der Waals surface area contributed by atoms with Crippen molar-refractivity contribution < 1.29 is 9.59 Å². The van der Waals surface area contributed by atoms with Gasteiger partial charge in [-0.2, -0.15) is 5.10 Å². The van der Waals surface area contributed by atoms with Crippen LogP contribution in [0.2, 0.25) is 0 Å². The van der Waals surface area contributed by atoms with Crippen LogP contribution in [-0.2, 0) is 0 Å². The number of amides is 2. The van der Waals surface area contributed by atoms with Gasteiger partial charge in [-0.1, -0.05) is 30.3 Å². The maximum atomic E-state index is 12.7. The minimum atomic E-state index is -0.317. The summed E-state index contributed by atoms with van der Waals surface area (Å²) in [5.74, 6) is -0.176. The Labute approximate surface area is 132 Å². The van der Waals surface area contributed by atoms with Crippen LogP contribution >= 0.6 is 0 Å². The fourth-order valence-corrected chi connectivity index (χ4v) is 2.80. The molecule has 0 radical (unpaired) electrons. The smallest absolute Gasteiger partial charge is 0.267 e. The van der Waals surface area contributed by atoms with E-state index < -0.39 is 0 Å². The van der Waals surface area contributed by atoms with Crippen molar-refractivity contribution in [1.29, 1.82) is 0 Å². The molecule has 1 aromatic heterocycles. The molecular weight excluding hydrogens is 290 g/mol. The molecule has 2 amide bonds. The Bertz CT molecular complexity index is 893. The summed E-state index contributed by atoms with van der Waals surface area (Å²) < 4.78 is 1.62. The molecule has 0 bridgehead atoms. The van der Waals surface area contributed by atoms with E-state index in [4.69, 9.17) is 0 Å². The molecule has 23 heavy (non-hydrogen) atoms. The van der Waals surface area contributed by atoms with Crippen molar-refractivity contribution in [2.75, 3.05) is 4.90 Å². The summed E-state index contributed by atoms with van der Waals surface area (Å²) in [6.07, 6.45) is 0. The molecule has 0 N–H and O–H groups in total. The molecule has 0 saturated carbocycles. The summed E-state index contributed by atoms with van der Waals surface area (Å²) in [7, 11) is 0. The zero-order chi connectivity index (χ0) is 16.0. The number of aromatic nitrogens is 2. The Kier molecular flexibility index (Phi) is 2.87. The number of carbonyl (C=O) groups excluding carboxylic acids is 2. The average Bonchev–Trinajstić information content (AvgIpc) is 3.07. The first kappa shape index (κ1) is 13.5. The third kappa shape index (κ3) is 1.97. The van der Waals surface area contributed by atoms with Crippen molar-refractivity contribution in [3.05, 3.63) is 77.5 Å². The van der Waals surface area contributed by atoms with Gasteiger partial charge in [0.1, 0.15) is 5.82 Å². The third-order valence-electron chi connectivity index (χ3n) is 3.84. The summed E-state index contributed by atoms with van der Waals surface area (Å²) in [4.78, 5) is 26.5. The summed E-state index contributed by atoms with van der Waals surface area (Å²) >= 11 is 0. The van der Waals surface area contributed by atoms with Crippen LogP contribution in [-0.4, -0.2) is 21.6 Å². The number of para-hydroxylation sites is 1. The van der Waals surface area contributed by atoms with E-state index in [2.05, 4.69) is 5.10 Å². The van der Waals surface area contributed by atoms with E-state index in [0.29, 0.717) is 16.9 Å². The molecule has 5 nitrogen and oxygen atoms in total. The van der Waals surface area contributed by atoms with Gasteiger partial charge in [0.25, 0.3) is 11.8 Å². The zero-order valence-corrected chi connectivity index (χ0v) is 12.4. The second kappa shape index (κ2) is 4.91. The molecule has 2 aromatic carbocycles. The highest BCUT2D eigenvalue weighted by Crippen LogP contribution is 2.30. The predicted octanol–water partition coefficient (Wildman–Crippen LogP) is 2.98. The zero-order valence-electron chi connectivity index (χ0n) is 12.4. The van der Waals surface area contributed by atoms with Crippen LogP contribution in [0.5, 0.6) is 0 Å². The molecule has 0 aliphatic carbocycles. The van der Waals surface area contributed by atoms with E-state index >= 15 is 0 Å². The van der Waals surface area contributed by atoms with Crippen LogP contribution in [0.3, 0.4) is 0 Å². The lowest BCUT2D eigenvalue weighted by Gasteiger charge is -2.15. The van der Waals surface area contributed by atoms with Gasteiger partial charge in [-0.15, -0.1) is 0 Å². The molecule has 0 spiro atoms. The number of hydrogen-bond acceptors (Lipinski definition) is 3. The number of aryl methyl sites for hydroxylation is 1. The van der Waals surface area contributed by atoms with Crippen molar-refractivity contribution >= 4 is 17.6 Å². The normalized spacial score (nSPS) is 13.5. The molecule has 5 heteroatoms. The van der Waals surface area contributed by atoms with Gasteiger partial charge in [-0.25, -0.2) is 9.58 Å². The van der Waals surface area contributed by atoms with E-state index in [0.717, 1.165) is 11.4 Å². The van der Waals surface area contributed by atoms with Gasteiger partial charge in [0.15, 0.2) is 0 Å². The topological polar surface area (TPSA) is 55.2 Å². The fourth-order valence-electron chi connectivity index (χ4n) is 2.80. The van der Waals surface area contributed by atoms with Crippen molar-refractivity contribution in [3.63, 3.8) is 0 Å². The molecule has 1 aliphatic rings. The molecule has 4 rings (SSSR count). The van der Waals surface area contributed by atoms with Gasteiger partial charge < -0.3 is 0 Å². The highest BCUT2D eigenvalue weighted by atomic mass is 16.2. The van der Waals surface area contributed by atoms with Crippen molar-refractivity contribution in [2.24, 2.45) is 0 Å². The molecule has 0 atom stereocenters. The quantitative estimate of drug-likeness (QED) is 0.684. The van der Waals surface area contributed by atoms with Crippen LogP contribution in [0.25, 0.3) is 5.69 Å². The Hall–Kier alpha value is -3.21. The van der Waals surface area contributed by atoms with Gasteiger partial charge in [-0.05, 0) is 31.2 Å². The molecule has 3 aromatic rings. The molecule has 0 unspecified atom stereocenters. The Morgan fingerprint density at radius 2 is 1.39 bits per heavy atom. The summed E-state index contributed by atoms with van der Waals surface area (Å²) in [5.41, 5.74) is 2.39. The van der Waals surface area contributed by atoms with E-state index in [9.17, 15) is 9.59 Å². The number of fused-ring (bicyclic) bond motifs is 1. The Morgan fingerprint density at radius 3 is 2.00 bits per heavy atom. The Balaban J connectivity index is 1.88. The lowest BCUT2D eigenvalue weighted by atomic mass is 10.1. The number of rotatable bonds is 2. The second-order valence-electron chi connectivity index (χ2n) is 5.38. The van der Waals surface area contributed by atoms with Crippen molar-refractivity contribution in [3.8, 4) is 5.69 Å². The molecule has 1 aliphatic heterocycles. The van der Waals surface area contributed by atoms with Gasteiger partial charge in [0.05, 0.1) is 22.5 Å². The van der Waals surface area contributed by atoms with Crippen LogP contribution in [0.4, 0.5) is 5.82 Å². The van der Waals surface area contributed by atoms with Crippen molar-refractivity contribution in [2.45, 2.75) is 6.92 Å². The fraction of sp³-hybridized carbons (Fsp3) is 0.0556. The van der Waals surface area contributed by atoms with Crippen LogP contribution in [0, 0.1) is 6.92 Å². The van der Waals surface area contributed by atoms with Crippen LogP contribution < -0.4 is 4.90 Å². The third-order valence-corrected chi connectivity index (χ3v) is 3.84. The summed E-state index contributed by atoms with van der Waals surface area (Å²) in [5, 5.41) is 4.43. The largest absolute Gasteiger partial charge is 0.268 e. The van der Waals surface area contributed by atoms with E-state index in [1.807, 2.05) is 37.3 Å². The number of carbonyl (C=O) groups is 2. The molecule has 0 saturated heterocycles. The van der Waals surface area contributed by atoms with E-state index in [1.165, 1.54) is 4.90 Å². The molecule has 0 fully saturated rings. The summed E-state index contributed by atoms with van der Waals surface area (Å²) in [6, 6.07) is 18.0. The first-order valence-electron chi connectivity index (χ1n) is 7.27. The minimum Gasteiger partial charge on any atom is -0.268 e. The molecular formula is C18H13N3O2. The van der Waals surface area contributed by atoms with Gasteiger partial charge in [0.2, 0.25) is 0 Å². The second-order valence-corrected chi connectivity index (χ2v) is 5.38.